The number of aliphatic hydroxyl groups is 1. The van der Waals surface area contributed by atoms with Crippen molar-refractivity contribution in [2.24, 2.45) is 0 Å². The van der Waals surface area contributed by atoms with Gasteiger partial charge < -0.3 is 15.7 Å². The number of nitrogens with one attached hydrogen (secondary N) is 2. The third-order valence-corrected chi connectivity index (χ3v) is 4.37. The molecule has 126 valence electrons. The van der Waals surface area contributed by atoms with Crippen molar-refractivity contribution in [3.8, 4) is 0 Å². The van der Waals surface area contributed by atoms with Crippen LogP contribution in [0.1, 0.15) is 50.0 Å². The van der Waals surface area contributed by atoms with Gasteiger partial charge in [0.15, 0.2) is 0 Å². The summed E-state index contributed by atoms with van der Waals surface area (Å²) in [5, 5.41) is 15.1. The van der Waals surface area contributed by atoms with Crippen molar-refractivity contribution in [3.05, 3.63) is 47.5 Å². The van der Waals surface area contributed by atoms with Gasteiger partial charge in [-0.25, -0.2) is 4.79 Å². The normalized spacial score (nSPS) is 15.6. The van der Waals surface area contributed by atoms with Gasteiger partial charge in [-0.2, -0.15) is 0 Å². The van der Waals surface area contributed by atoms with Crippen molar-refractivity contribution in [1.82, 2.24) is 10.6 Å². The molecule has 0 bridgehead atoms. The monoisotopic (exact) mass is 316 g/mol. The first-order valence-corrected chi connectivity index (χ1v) is 8.65. The molecular formula is C19H28N2O2. The van der Waals surface area contributed by atoms with Crippen LogP contribution in [-0.4, -0.2) is 30.8 Å². The number of carbonyl (C=O) groups is 1. The number of allylic oxidation sites excluding steroid dienone is 1. The molecule has 0 fully saturated rings. The Balaban J connectivity index is 1.70. The van der Waals surface area contributed by atoms with E-state index >= 15 is 0 Å². The minimum Gasteiger partial charge on any atom is -0.396 e. The molecule has 0 spiro atoms. The zero-order chi connectivity index (χ0) is 16.3. The average Bonchev–Trinajstić information content (AvgIpc) is 2.60. The van der Waals surface area contributed by atoms with Crippen molar-refractivity contribution < 1.29 is 9.90 Å². The van der Waals surface area contributed by atoms with Gasteiger partial charge in [-0.15, -0.1) is 0 Å². The lowest BCUT2D eigenvalue weighted by molar-refractivity contribution is 0.237. The lowest BCUT2D eigenvalue weighted by Gasteiger charge is -2.18. The Hall–Kier alpha value is -1.81. The molecule has 0 saturated heterocycles. The van der Waals surface area contributed by atoms with E-state index in [1.54, 1.807) is 0 Å². The van der Waals surface area contributed by atoms with Crippen LogP contribution in [0.15, 0.2) is 42.0 Å². The van der Waals surface area contributed by atoms with E-state index < -0.39 is 0 Å². The van der Waals surface area contributed by atoms with Crippen LogP contribution in [0.25, 0.3) is 0 Å². The molecule has 2 amide bonds. The molecule has 1 aliphatic carbocycles. The van der Waals surface area contributed by atoms with Crippen LogP contribution in [0.3, 0.4) is 0 Å². The Bertz CT molecular complexity index is 499. The molecule has 4 nitrogen and oxygen atoms in total. The van der Waals surface area contributed by atoms with Gasteiger partial charge in [0, 0.05) is 25.6 Å². The molecule has 0 radical (unpaired) electrons. The summed E-state index contributed by atoms with van der Waals surface area (Å²) in [6.45, 7) is 1.35. The third-order valence-electron chi connectivity index (χ3n) is 4.37. The fourth-order valence-corrected chi connectivity index (χ4v) is 3.01. The van der Waals surface area contributed by atoms with Gasteiger partial charge in [-0.3, -0.25) is 0 Å². The molecule has 1 aromatic rings. The van der Waals surface area contributed by atoms with E-state index in [0.717, 1.165) is 12.0 Å². The summed E-state index contributed by atoms with van der Waals surface area (Å²) in [4.78, 5) is 11.9. The number of hydrogen-bond acceptors (Lipinski definition) is 2. The highest BCUT2D eigenvalue weighted by Gasteiger charge is 2.12. The van der Waals surface area contributed by atoms with Gasteiger partial charge in [-0.05, 0) is 44.1 Å². The maximum absolute atomic E-state index is 11.9. The fourth-order valence-electron chi connectivity index (χ4n) is 3.01. The molecule has 1 atom stereocenters. The van der Waals surface area contributed by atoms with Crippen molar-refractivity contribution >= 4 is 6.03 Å². The van der Waals surface area contributed by atoms with Crippen molar-refractivity contribution in [1.29, 1.82) is 0 Å². The molecule has 1 aromatic carbocycles. The Morgan fingerprint density at radius 3 is 2.70 bits per heavy atom. The summed E-state index contributed by atoms with van der Waals surface area (Å²) in [5.74, 6) is 0.146. The van der Waals surface area contributed by atoms with Crippen LogP contribution in [0.2, 0.25) is 0 Å². The van der Waals surface area contributed by atoms with Crippen LogP contribution >= 0.6 is 0 Å². The first-order valence-electron chi connectivity index (χ1n) is 8.65. The second kappa shape index (κ2) is 10.1. The van der Waals surface area contributed by atoms with Gasteiger partial charge in [0.25, 0.3) is 0 Å². The molecule has 4 heteroatoms. The number of amides is 2. The largest absolute Gasteiger partial charge is 0.396 e. The first kappa shape index (κ1) is 17.5. The first-order chi connectivity index (χ1) is 11.3. The zero-order valence-electron chi connectivity index (χ0n) is 13.8. The second-order valence-corrected chi connectivity index (χ2v) is 6.11. The van der Waals surface area contributed by atoms with Gasteiger partial charge in [-0.1, -0.05) is 42.0 Å². The van der Waals surface area contributed by atoms with Crippen LogP contribution in [0, 0.1) is 0 Å². The maximum Gasteiger partial charge on any atom is 0.314 e. The molecule has 0 aliphatic heterocycles. The molecule has 0 heterocycles. The quantitative estimate of drug-likeness (QED) is 0.644. The van der Waals surface area contributed by atoms with Crippen molar-refractivity contribution in [2.75, 3.05) is 19.7 Å². The van der Waals surface area contributed by atoms with Crippen LogP contribution in [0.5, 0.6) is 0 Å². The Kier molecular flexibility index (Phi) is 7.67. The summed E-state index contributed by atoms with van der Waals surface area (Å²) in [5.41, 5.74) is 2.62. The van der Waals surface area contributed by atoms with E-state index in [2.05, 4.69) is 16.7 Å². The van der Waals surface area contributed by atoms with Gasteiger partial charge in [0.2, 0.25) is 0 Å². The lowest BCUT2D eigenvalue weighted by atomic mass is 9.96. The zero-order valence-corrected chi connectivity index (χ0v) is 13.8. The molecule has 23 heavy (non-hydrogen) atoms. The number of aliphatic hydroxyl groups excluding tert-OH is 1. The number of rotatable bonds is 8. The predicted octanol–water partition coefficient (Wildman–Crippen LogP) is 3.34. The highest BCUT2D eigenvalue weighted by Crippen LogP contribution is 2.19. The summed E-state index contributed by atoms with van der Waals surface area (Å²) in [6, 6.07) is 9.89. The number of benzene rings is 1. The van der Waals surface area contributed by atoms with Gasteiger partial charge >= 0.3 is 6.03 Å². The third kappa shape index (κ3) is 6.45. The van der Waals surface area contributed by atoms with E-state index in [1.807, 2.05) is 30.3 Å². The molecular weight excluding hydrogens is 288 g/mol. The second-order valence-electron chi connectivity index (χ2n) is 6.11. The van der Waals surface area contributed by atoms with Crippen molar-refractivity contribution in [2.45, 2.75) is 44.4 Å². The number of carbonyl (C=O) groups excluding carboxylic acids is 1. The molecule has 2 rings (SSSR count). The van der Waals surface area contributed by atoms with E-state index in [4.69, 9.17) is 0 Å². The predicted molar refractivity (Wildman–Crippen MR) is 93.5 cm³/mol. The molecule has 1 unspecified atom stereocenters. The Morgan fingerprint density at radius 1 is 1.17 bits per heavy atom. The van der Waals surface area contributed by atoms with E-state index in [0.29, 0.717) is 19.5 Å². The molecule has 1 aliphatic rings. The summed E-state index contributed by atoms with van der Waals surface area (Å²) in [7, 11) is 0. The van der Waals surface area contributed by atoms with Crippen LogP contribution < -0.4 is 10.6 Å². The standard InChI is InChI=1S/C19H28N2O2/c22-14-12-18(17-9-5-2-6-10-17)15-21-19(23)20-13-11-16-7-3-1-4-8-16/h2,5-7,9-10,18,22H,1,3-4,8,11-15H2,(H2,20,21,23). The van der Waals surface area contributed by atoms with Crippen molar-refractivity contribution in [3.63, 3.8) is 0 Å². The Morgan fingerprint density at radius 2 is 2.00 bits per heavy atom. The SMILES string of the molecule is O=C(NCCC1=CCCCC1)NCC(CCO)c1ccccc1. The molecule has 0 aromatic heterocycles. The summed E-state index contributed by atoms with van der Waals surface area (Å²) >= 11 is 0. The highest BCUT2D eigenvalue weighted by molar-refractivity contribution is 5.73. The van der Waals surface area contributed by atoms with E-state index in [-0.39, 0.29) is 18.6 Å². The highest BCUT2D eigenvalue weighted by atomic mass is 16.3. The van der Waals surface area contributed by atoms with Crippen LogP contribution in [-0.2, 0) is 0 Å². The smallest absolute Gasteiger partial charge is 0.314 e. The van der Waals surface area contributed by atoms with Gasteiger partial charge in [0.05, 0.1) is 0 Å². The average molecular weight is 316 g/mol. The molecule has 0 saturated carbocycles. The fraction of sp³-hybridized carbons (Fsp3) is 0.526. The Labute approximate surface area is 139 Å². The maximum atomic E-state index is 11.9. The van der Waals surface area contributed by atoms with E-state index in [9.17, 15) is 9.90 Å². The van der Waals surface area contributed by atoms with Gasteiger partial charge in [0.1, 0.15) is 0 Å². The minimum absolute atomic E-state index is 0.122. The van der Waals surface area contributed by atoms with E-state index in [1.165, 1.54) is 31.3 Å². The summed E-state index contributed by atoms with van der Waals surface area (Å²) < 4.78 is 0. The van der Waals surface area contributed by atoms with Crippen LogP contribution in [0.4, 0.5) is 4.79 Å². The topological polar surface area (TPSA) is 61.4 Å². The number of urea groups is 1. The minimum atomic E-state index is -0.125. The summed E-state index contributed by atoms with van der Waals surface area (Å²) in [6.07, 6.45) is 8.84. The number of hydrogen-bond donors (Lipinski definition) is 3. The molecule has 3 N–H and O–H groups in total. The lowest BCUT2D eigenvalue weighted by Crippen LogP contribution is -2.38.